The van der Waals surface area contributed by atoms with Gasteiger partial charge in [0.2, 0.25) is 0 Å². The van der Waals surface area contributed by atoms with Crippen molar-refractivity contribution in [3.63, 3.8) is 0 Å². The predicted molar refractivity (Wildman–Crippen MR) is 144 cm³/mol. The van der Waals surface area contributed by atoms with Gasteiger partial charge in [0.1, 0.15) is 17.3 Å². The summed E-state index contributed by atoms with van der Waals surface area (Å²) in [6, 6.07) is 11.9. The molecule has 0 radical (unpaired) electrons. The van der Waals surface area contributed by atoms with Gasteiger partial charge in [0.05, 0.1) is 23.1 Å². The zero-order valence-electron chi connectivity index (χ0n) is 22.2. The Morgan fingerprint density at radius 2 is 2.00 bits per heavy atom. The van der Waals surface area contributed by atoms with Gasteiger partial charge in [-0.3, -0.25) is 4.79 Å². The van der Waals surface area contributed by atoms with Gasteiger partial charge in [-0.25, -0.2) is 22.8 Å². The molecule has 1 aliphatic rings. The number of hydrogen-bond donors (Lipinski definition) is 2. The molecule has 1 aliphatic heterocycles. The molecule has 2 N–H and O–H groups in total. The lowest BCUT2D eigenvalue weighted by Gasteiger charge is -2.34. The average Bonchev–Trinajstić information content (AvgIpc) is 3.58. The maximum Gasteiger partial charge on any atom is 0.303 e. The molecule has 0 fully saturated rings. The van der Waals surface area contributed by atoms with Crippen molar-refractivity contribution in [3.8, 4) is 28.6 Å². The van der Waals surface area contributed by atoms with Crippen molar-refractivity contribution in [2.24, 2.45) is 7.05 Å². The monoisotopic (exact) mass is 562 g/mol. The molecule has 0 saturated carbocycles. The number of carboxylic acid groups (broad SMARTS) is 1. The van der Waals surface area contributed by atoms with Crippen LogP contribution in [-0.2, 0) is 23.7 Å². The van der Waals surface area contributed by atoms with Crippen LogP contribution in [0.25, 0.3) is 22.3 Å². The maximum atomic E-state index is 15.1. The molecule has 210 valence electrons. The summed E-state index contributed by atoms with van der Waals surface area (Å²) in [5.41, 5.74) is 1.22. The van der Waals surface area contributed by atoms with E-state index in [9.17, 15) is 13.6 Å². The fourth-order valence-electron chi connectivity index (χ4n) is 5.27. The molecule has 5 aromatic rings. The van der Waals surface area contributed by atoms with Crippen LogP contribution >= 0.6 is 0 Å². The molecule has 8 nitrogen and oxygen atoms in total. The lowest BCUT2D eigenvalue weighted by molar-refractivity contribution is -0.136. The van der Waals surface area contributed by atoms with Crippen molar-refractivity contribution < 1.29 is 32.5 Å². The Labute approximate surface area is 232 Å². The van der Waals surface area contributed by atoms with Gasteiger partial charge in [-0.15, -0.1) is 0 Å². The summed E-state index contributed by atoms with van der Waals surface area (Å²) in [6.07, 6.45) is 2.31. The normalized spacial score (nSPS) is 16.4. The first-order chi connectivity index (χ1) is 19.7. The summed E-state index contributed by atoms with van der Waals surface area (Å²) < 4.78 is 57.8. The van der Waals surface area contributed by atoms with E-state index in [2.05, 4.69) is 10.1 Å². The number of H-pyrrole nitrogens is 1. The Morgan fingerprint density at radius 3 is 2.80 bits per heavy atom. The third-order valence-electron chi connectivity index (χ3n) is 7.51. The van der Waals surface area contributed by atoms with E-state index in [-0.39, 0.29) is 34.5 Å². The third kappa shape index (κ3) is 4.56. The molecule has 0 spiro atoms. The molecule has 1 atom stereocenters. The topological polar surface area (TPSA) is 102 Å². The number of halogens is 3. The first kappa shape index (κ1) is 26.4. The van der Waals surface area contributed by atoms with Crippen LogP contribution < -0.4 is 9.47 Å². The van der Waals surface area contributed by atoms with E-state index < -0.39 is 34.6 Å². The summed E-state index contributed by atoms with van der Waals surface area (Å²) >= 11 is 0. The average molecular weight is 563 g/mol. The molecular weight excluding hydrogens is 537 g/mol. The molecular formula is C30H25F3N4O4. The van der Waals surface area contributed by atoms with E-state index in [1.807, 2.05) is 25.1 Å². The molecule has 0 saturated heterocycles. The van der Waals surface area contributed by atoms with E-state index in [0.29, 0.717) is 31.0 Å². The second-order valence-corrected chi connectivity index (χ2v) is 10.2. The third-order valence-corrected chi connectivity index (χ3v) is 7.51. The van der Waals surface area contributed by atoms with Gasteiger partial charge in [-0.1, -0.05) is 18.2 Å². The number of para-hydroxylation sites is 1. The minimum Gasteiger partial charge on any atom is -0.493 e. The number of rotatable bonds is 7. The number of aromatic nitrogens is 4. The van der Waals surface area contributed by atoms with Crippen molar-refractivity contribution in [3.05, 3.63) is 89.1 Å². The smallest absolute Gasteiger partial charge is 0.303 e. The molecule has 6 rings (SSSR count). The number of aliphatic carboxylic acids is 1. The number of aromatic amines is 1. The molecule has 0 unspecified atom stereocenters. The van der Waals surface area contributed by atoms with Gasteiger partial charge >= 0.3 is 5.97 Å². The molecule has 0 amide bonds. The van der Waals surface area contributed by atoms with Gasteiger partial charge in [-0.2, -0.15) is 5.10 Å². The fourth-order valence-corrected chi connectivity index (χ4v) is 5.27. The molecule has 3 aromatic carbocycles. The largest absolute Gasteiger partial charge is 0.493 e. The van der Waals surface area contributed by atoms with E-state index in [4.69, 9.17) is 19.6 Å². The van der Waals surface area contributed by atoms with Crippen molar-refractivity contribution in [2.45, 2.75) is 31.6 Å². The molecule has 0 bridgehead atoms. The maximum absolute atomic E-state index is 15.1. The first-order valence-electron chi connectivity index (χ1n) is 13.0. The quantitative estimate of drug-likeness (QED) is 0.242. The van der Waals surface area contributed by atoms with E-state index >= 15 is 4.39 Å². The van der Waals surface area contributed by atoms with Crippen LogP contribution in [0.4, 0.5) is 13.2 Å². The number of carboxylic acids is 1. The van der Waals surface area contributed by atoms with E-state index in [1.54, 1.807) is 7.05 Å². The van der Waals surface area contributed by atoms with Crippen molar-refractivity contribution in [1.82, 2.24) is 19.7 Å². The van der Waals surface area contributed by atoms with Gasteiger partial charge in [0.25, 0.3) is 0 Å². The van der Waals surface area contributed by atoms with Crippen molar-refractivity contribution >= 4 is 16.9 Å². The summed E-state index contributed by atoms with van der Waals surface area (Å²) in [7, 11) is 1.63. The highest BCUT2D eigenvalue weighted by Gasteiger charge is 2.40. The number of aryl methyl sites for hydroxylation is 2. The highest BCUT2D eigenvalue weighted by Crippen LogP contribution is 2.45. The van der Waals surface area contributed by atoms with E-state index in [1.165, 1.54) is 29.1 Å². The Morgan fingerprint density at radius 1 is 1.17 bits per heavy atom. The summed E-state index contributed by atoms with van der Waals surface area (Å²) in [5.74, 6) is -2.64. The Balaban J connectivity index is 1.37. The fraction of sp³-hybridized carbons (Fsp3) is 0.233. The molecule has 3 heterocycles. The lowest BCUT2D eigenvalue weighted by Crippen LogP contribution is -2.33. The molecule has 41 heavy (non-hydrogen) atoms. The molecule has 2 aromatic heterocycles. The highest BCUT2D eigenvalue weighted by atomic mass is 19.1. The standard InChI is InChI=1S/C30H25F3N4O4/c1-30(11-13-40-26-16(6-9-24(38)39)4-3-5-20(26)30)29-35-28(37(2)36-29)19-14-17(7-8-21(19)31)41-27-22(32)15-23-18(25(27)33)10-12-34-23/h3-5,7-8,10,12,14-15,34H,6,9,11,13H2,1-2H3,(H,38,39)/t30-/m0/s1. The van der Waals surface area contributed by atoms with Crippen molar-refractivity contribution in [1.29, 1.82) is 0 Å². The second-order valence-electron chi connectivity index (χ2n) is 10.2. The number of hydrogen-bond acceptors (Lipinski definition) is 5. The van der Waals surface area contributed by atoms with Gasteiger partial charge < -0.3 is 19.6 Å². The number of nitrogens with one attached hydrogen (secondary N) is 1. The minimum atomic E-state index is -0.905. The number of carbonyl (C=O) groups is 1. The predicted octanol–water partition coefficient (Wildman–Crippen LogP) is 6.28. The molecule has 0 aliphatic carbocycles. The van der Waals surface area contributed by atoms with Crippen LogP contribution in [0.2, 0.25) is 0 Å². The van der Waals surface area contributed by atoms with Crippen LogP contribution in [0.15, 0.2) is 54.7 Å². The Hall–Kier alpha value is -4.80. The highest BCUT2D eigenvalue weighted by molar-refractivity contribution is 5.82. The van der Waals surface area contributed by atoms with Gasteiger partial charge in [-0.05, 0) is 49.6 Å². The number of fused-ring (bicyclic) bond motifs is 2. The van der Waals surface area contributed by atoms with Gasteiger partial charge in [0.15, 0.2) is 29.0 Å². The second kappa shape index (κ2) is 9.99. The summed E-state index contributed by atoms with van der Waals surface area (Å²) in [5, 5.41) is 13.9. The van der Waals surface area contributed by atoms with Crippen LogP contribution in [-0.4, -0.2) is 37.4 Å². The summed E-state index contributed by atoms with van der Waals surface area (Å²) in [4.78, 5) is 18.6. The first-order valence-corrected chi connectivity index (χ1v) is 13.0. The number of nitrogens with zero attached hydrogens (tertiary/aromatic N) is 3. The van der Waals surface area contributed by atoms with Crippen LogP contribution in [0.5, 0.6) is 17.2 Å². The zero-order valence-corrected chi connectivity index (χ0v) is 22.2. The van der Waals surface area contributed by atoms with Crippen LogP contribution in [0, 0.1) is 17.5 Å². The SMILES string of the molecule is Cn1nc([C@@]2(C)CCOc3c(CCC(=O)O)cccc32)nc1-c1cc(Oc2c(F)cc3[nH]ccc3c2F)ccc1F. The molecule has 11 heteroatoms. The van der Waals surface area contributed by atoms with Gasteiger partial charge in [0, 0.05) is 36.7 Å². The van der Waals surface area contributed by atoms with Crippen LogP contribution in [0.1, 0.15) is 36.7 Å². The Kier molecular flexibility index (Phi) is 6.44. The lowest BCUT2D eigenvalue weighted by atomic mass is 9.76. The van der Waals surface area contributed by atoms with Crippen LogP contribution in [0.3, 0.4) is 0 Å². The zero-order chi connectivity index (χ0) is 28.9. The number of ether oxygens (including phenoxy) is 2. The summed E-state index contributed by atoms with van der Waals surface area (Å²) in [6.45, 7) is 2.33. The minimum absolute atomic E-state index is 0.0179. The van der Waals surface area contributed by atoms with E-state index in [0.717, 1.165) is 23.3 Å². The Bertz CT molecular complexity index is 1820. The number of benzene rings is 3. The van der Waals surface area contributed by atoms with Crippen molar-refractivity contribution in [2.75, 3.05) is 6.61 Å².